The molecule has 5 heteroatoms. The Balaban J connectivity index is 2.82. The van der Waals surface area contributed by atoms with E-state index in [0.29, 0.717) is 16.8 Å². The van der Waals surface area contributed by atoms with Crippen LogP contribution in [0.4, 0.5) is 5.82 Å². The second kappa shape index (κ2) is 3.68. The molecule has 0 fully saturated rings. The predicted octanol–water partition coefficient (Wildman–Crippen LogP) is 3.46. The SMILES string of the molecule is CC(C)c1nc2c(Br)cc(Cl)cn2c1N. The van der Waals surface area contributed by atoms with Crippen LogP contribution in [0.3, 0.4) is 0 Å². The number of hydrogen-bond acceptors (Lipinski definition) is 2. The molecule has 0 spiro atoms. The standard InChI is InChI=1S/C10H11BrClN3/c1-5(2)8-9(13)15-4-6(12)3-7(11)10(15)14-8/h3-5H,13H2,1-2H3. The number of fused-ring (bicyclic) bond motifs is 1. The fraction of sp³-hybridized carbons (Fsp3) is 0.300. The lowest BCUT2D eigenvalue weighted by Gasteiger charge is -2.01. The smallest absolute Gasteiger partial charge is 0.153 e. The number of rotatable bonds is 1. The van der Waals surface area contributed by atoms with E-state index in [2.05, 4.69) is 34.8 Å². The Morgan fingerprint density at radius 2 is 2.20 bits per heavy atom. The molecule has 0 aromatic carbocycles. The van der Waals surface area contributed by atoms with Crippen LogP contribution in [0, 0.1) is 0 Å². The van der Waals surface area contributed by atoms with E-state index < -0.39 is 0 Å². The molecule has 0 amide bonds. The highest BCUT2D eigenvalue weighted by Crippen LogP contribution is 2.28. The van der Waals surface area contributed by atoms with Gasteiger partial charge in [0.25, 0.3) is 0 Å². The topological polar surface area (TPSA) is 43.3 Å². The van der Waals surface area contributed by atoms with Crippen LogP contribution in [0.1, 0.15) is 25.5 Å². The predicted molar refractivity (Wildman–Crippen MR) is 66.4 cm³/mol. The quantitative estimate of drug-likeness (QED) is 0.873. The molecule has 0 aliphatic heterocycles. The molecule has 15 heavy (non-hydrogen) atoms. The van der Waals surface area contributed by atoms with Gasteiger partial charge in [-0.1, -0.05) is 25.4 Å². The van der Waals surface area contributed by atoms with Gasteiger partial charge in [0.1, 0.15) is 5.82 Å². The van der Waals surface area contributed by atoms with Crippen molar-refractivity contribution in [2.24, 2.45) is 0 Å². The Morgan fingerprint density at radius 1 is 1.53 bits per heavy atom. The third-order valence-electron chi connectivity index (χ3n) is 2.25. The molecule has 2 heterocycles. The molecular weight excluding hydrogens is 277 g/mol. The summed E-state index contributed by atoms with van der Waals surface area (Å²) in [5.41, 5.74) is 7.71. The minimum absolute atomic E-state index is 0.301. The summed E-state index contributed by atoms with van der Waals surface area (Å²) in [6.45, 7) is 4.13. The number of nitrogens with zero attached hydrogens (tertiary/aromatic N) is 2. The van der Waals surface area contributed by atoms with Crippen molar-refractivity contribution in [3.05, 3.63) is 27.5 Å². The van der Waals surface area contributed by atoms with Crippen LogP contribution >= 0.6 is 27.5 Å². The van der Waals surface area contributed by atoms with Crippen molar-refractivity contribution in [1.29, 1.82) is 0 Å². The van der Waals surface area contributed by atoms with Gasteiger partial charge < -0.3 is 5.73 Å². The lowest BCUT2D eigenvalue weighted by molar-refractivity contribution is 0.838. The van der Waals surface area contributed by atoms with Gasteiger partial charge in [0.15, 0.2) is 5.65 Å². The number of nitrogen functional groups attached to an aromatic ring is 1. The minimum atomic E-state index is 0.301. The molecule has 0 saturated heterocycles. The molecule has 3 nitrogen and oxygen atoms in total. The molecule has 2 aromatic rings. The maximum Gasteiger partial charge on any atom is 0.153 e. The maximum absolute atomic E-state index is 6.00. The molecule has 0 unspecified atom stereocenters. The Morgan fingerprint density at radius 3 is 2.80 bits per heavy atom. The average Bonchev–Trinajstić information content (AvgIpc) is 2.44. The normalized spacial score (nSPS) is 11.5. The molecule has 0 bridgehead atoms. The van der Waals surface area contributed by atoms with E-state index in [1.54, 1.807) is 6.20 Å². The van der Waals surface area contributed by atoms with E-state index in [4.69, 9.17) is 17.3 Å². The first-order valence-corrected chi connectivity index (χ1v) is 5.80. The third kappa shape index (κ3) is 1.72. The minimum Gasteiger partial charge on any atom is -0.383 e. The Labute approximate surface area is 101 Å². The maximum atomic E-state index is 6.00. The Kier molecular flexibility index (Phi) is 2.64. The summed E-state index contributed by atoms with van der Waals surface area (Å²) < 4.78 is 2.66. The molecular formula is C10H11BrClN3. The van der Waals surface area contributed by atoms with Crippen molar-refractivity contribution in [2.45, 2.75) is 19.8 Å². The van der Waals surface area contributed by atoms with Gasteiger partial charge in [-0.3, -0.25) is 4.40 Å². The number of anilines is 1. The first-order valence-electron chi connectivity index (χ1n) is 4.63. The van der Waals surface area contributed by atoms with Crippen LogP contribution < -0.4 is 5.73 Å². The van der Waals surface area contributed by atoms with Crippen molar-refractivity contribution < 1.29 is 0 Å². The van der Waals surface area contributed by atoms with Crippen molar-refractivity contribution in [2.75, 3.05) is 5.73 Å². The van der Waals surface area contributed by atoms with E-state index >= 15 is 0 Å². The van der Waals surface area contributed by atoms with Crippen LogP contribution in [-0.2, 0) is 0 Å². The fourth-order valence-corrected chi connectivity index (χ4v) is 2.40. The van der Waals surface area contributed by atoms with Crippen LogP contribution in [0.25, 0.3) is 5.65 Å². The lowest BCUT2D eigenvalue weighted by atomic mass is 10.1. The molecule has 2 aromatic heterocycles. The lowest BCUT2D eigenvalue weighted by Crippen LogP contribution is -1.97. The molecule has 0 radical (unpaired) electrons. The van der Waals surface area contributed by atoms with Crippen molar-refractivity contribution >= 4 is 39.0 Å². The number of pyridine rings is 1. The first-order chi connectivity index (χ1) is 7.00. The number of imidazole rings is 1. The van der Waals surface area contributed by atoms with Crippen LogP contribution in [0.5, 0.6) is 0 Å². The highest BCUT2D eigenvalue weighted by molar-refractivity contribution is 9.10. The molecule has 80 valence electrons. The van der Waals surface area contributed by atoms with Crippen LogP contribution in [-0.4, -0.2) is 9.38 Å². The van der Waals surface area contributed by atoms with Gasteiger partial charge in [-0.05, 0) is 27.9 Å². The summed E-state index contributed by atoms with van der Waals surface area (Å²) in [7, 11) is 0. The zero-order valence-electron chi connectivity index (χ0n) is 8.46. The van der Waals surface area contributed by atoms with Crippen molar-refractivity contribution in [3.63, 3.8) is 0 Å². The van der Waals surface area contributed by atoms with Crippen LogP contribution in [0.15, 0.2) is 16.7 Å². The number of nitrogens with two attached hydrogens (primary N) is 1. The summed E-state index contributed by atoms with van der Waals surface area (Å²) in [4.78, 5) is 4.48. The molecule has 0 aliphatic rings. The summed E-state index contributed by atoms with van der Waals surface area (Å²) in [6, 6.07) is 1.81. The largest absolute Gasteiger partial charge is 0.383 e. The third-order valence-corrected chi connectivity index (χ3v) is 3.04. The van der Waals surface area contributed by atoms with Crippen molar-refractivity contribution in [3.8, 4) is 0 Å². The summed E-state index contributed by atoms with van der Waals surface area (Å²) in [5.74, 6) is 0.957. The zero-order chi connectivity index (χ0) is 11.2. The fourth-order valence-electron chi connectivity index (χ4n) is 1.53. The summed E-state index contributed by atoms with van der Waals surface area (Å²) in [6.07, 6.45) is 1.77. The Hall–Kier alpha value is -0.740. The van der Waals surface area contributed by atoms with Crippen LogP contribution in [0.2, 0.25) is 5.02 Å². The molecule has 0 aliphatic carbocycles. The van der Waals surface area contributed by atoms with E-state index in [9.17, 15) is 0 Å². The first kappa shape index (κ1) is 10.8. The molecule has 2 rings (SSSR count). The van der Waals surface area contributed by atoms with E-state index in [0.717, 1.165) is 15.8 Å². The number of halogens is 2. The highest BCUT2D eigenvalue weighted by atomic mass is 79.9. The second-order valence-electron chi connectivity index (χ2n) is 3.74. The zero-order valence-corrected chi connectivity index (χ0v) is 10.8. The van der Waals surface area contributed by atoms with Gasteiger partial charge in [0.05, 0.1) is 15.2 Å². The average molecular weight is 289 g/mol. The van der Waals surface area contributed by atoms with E-state index in [1.807, 2.05) is 10.5 Å². The summed E-state index contributed by atoms with van der Waals surface area (Å²) in [5, 5.41) is 0.633. The molecule has 2 N–H and O–H groups in total. The van der Waals surface area contributed by atoms with Gasteiger partial charge in [0, 0.05) is 6.20 Å². The number of hydrogen-bond donors (Lipinski definition) is 1. The van der Waals surface area contributed by atoms with Gasteiger partial charge in [0.2, 0.25) is 0 Å². The van der Waals surface area contributed by atoms with Gasteiger partial charge in [-0.25, -0.2) is 4.98 Å². The van der Waals surface area contributed by atoms with Gasteiger partial charge in [-0.2, -0.15) is 0 Å². The molecule has 0 saturated carbocycles. The van der Waals surface area contributed by atoms with E-state index in [-0.39, 0.29) is 0 Å². The highest BCUT2D eigenvalue weighted by Gasteiger charge is 2.14. The summed E-state index contributed by atoms with van der Waals surface area (Å²) >= 11 is 9.37. The van der Waals surface area contributed by atoms with E-state index in [1.165, 1.54) is 0 Å². The van der Waals surface area contributed by atoms with Gasteiger partial charge in [-0.15, -0.1) is 0 Å². The number of aromatic nitrogens is 2. The molecule has 0 atom stereocenters. The van der Waals surface area contributed by atoms with Gasteiger partial charge >= 0.3 is 0 Å². The van der Waals surface area contributed by atoms with Crippen molar-refractivity contribution in [1.82, 2.24) is 9.38 Å². The second-order valence-corrected chi connectivity index (χ2v) is 5.03. The monoisotopic (exact) mass is 287 g/mol. The Bertz CT molecular complexity index is 519.